The van der Waals surface area contributed by atoms with Crippen molar-refractivity contribution in [3.63, 3.8) is 0 Å². The van der Waals surface area contributed by atoms with Gasteiger partial charge in [-0.25, -0.2) is 0 Å². The average Bonchev–Trinajstić information content (AvgIpc) is 3.67. The number of hydrogen-bond donors (Lipinski definition) is 1. The molecule has 0 unspecified atom stereocenters. The number of halogens is 6. The minimum Gasteiger partial charge on any atom is -0.481 e. The molecule has 3 fully saturated rings. The van der Waals surface area contributed by atoms with E-state index in [2.05, 4.69) is 17.6 Å². The standard InChI is InChI=1S/C42H44F6N4O6S/c1-3-9-32-40(58-28-24-33(59-25-28)42(46,47)48,16-8-21-52(32)35(53)34-30(41(43,44)45)11-6-20-50-34)36(54)51-22-18-39(26-49,19-23-51)29-10-4-5-12-31(29)57-27(2)13-17-38(37(55)56)14-7-15-38/h4-6,10-12,20,24-25,32H,2-3,7-9,13-19,21-23H2,1H3,(H,55,56)/t32-,40+/m1/s1. The van der Waals surface area contributed by atoms with Gasteiger partial charge in [0.2, 0.25) is 5.60 Å². The maximum absolute atomic E-state index is 15.1. The monoisotopic (exact) mass is 846 g/mol. The van der Waals surface area contributed by atoms with Gasteiger partial charge in [-0.3, -0.25) is 19.4 Å². The molecule has 2 aliphatic heterocycles. The van der Waals surface area contributed by atoms with E-state index in [0.717, 1.165) is 41.1 Å². The number of carbonyl (C=O) groups is 3. The fourth-order valence-electron chi connectivity index (χ4n) is 8.59. The smallest absolute Gasteiger partial charge is 0.425 e. The van der Waals surface area contributed by atoms with Crippen molar-refractivity contribution in [2.75, 3.05) is 19.6 Å². The molecule has 10 nitrogen and oxygen atoms in total. The van der Waals surface area contributed by atoms with Crippen LogP contribution in [0, 0.1) is 16.7 Å². The van der Waals surface area contributed by atoms with Gasteiger partial charge in [0.05, 0.1) is 34.3 Å². The number of ether oxygens (including phenoxy) is 2. The summed E-state index contributed by atoms with van der Waals surface area (Å²) < 4.78 is 96.1. The third-order valence-corrected chi connectivity index (χ3v) is 12.9. The molecule has 2 amide bonds. The van der Waals surface area contributed by atoms with Crippen LogP contribution in [0.4, 0.5) is 26.3 Å². The summed E-state index contributed by atoms with van der Waals surface area (Å²) >= 11 is 0.359. The molecule has 4 heterocycles. The lowest BCUT2D eigenvalue weighted by molar-refractivity contribution is -0.160. The second kappa shape index (κ2) is 16.9. The van der Waals surface area contributed by atoms with Gasteiger partial charge in [0.1, 0.15) is 22.1 Å². The predicted octanol–water partition coefficient (Wildman–Crippen LogP) is 9.41. The molecule has 316 valence electrons. The summed E-state index contributed by atoms with van der Waals surface area (Å²) in [5.74, 6) is -2.21. The van der Waals surface area contributed by atoms with Crippen LogP contribution < -0.4 is 9.47 Å². The summed E-state index contributed by atoms with van der Waals surface area (Å²) in [7, 11) is 0. The van der Waals surface area contributed by atoms with E-state index in [9.17, 15) is 46.3 Å². The number of para-hydroxylation sites is 1. The van der Waals surface area contributed by atoms with E-state index in [1.54, 1.807) is 31.2 Å². The first-order valence-electron chi connectivity index (χ1n) is 19.5. The fourth-order valence-corrected chi connectivity index (χ4v) is 9.26. The molecule has 3 aromatic rings. The number of carboxylic acids is 1. The number of thiophene rings is 1. The van der Waals surface area contributed by atoms with Crippen molar-refractivity contribution >= 4 is 29.1 Å². The molecule has 1 aromatic carbocycles. The second-order valence-electron chi connectivity index (χ2n) is 15.5. The Kier molecular flexibility index (Phi) is 12.4. The Bertz CT molecular complexity index is 2100. The maximum Gasteiger partial charge on any atom is 0.425 e. The van der Waals surface area contributed by atoms with Crippen LogP contribution in [-0.2, 0) is 27.4 Å². The molecular weight excluding hydrogens is 803 g/mol. The van der Waals surface area contributed by atoms with Crippen molar-refractivity contribution < 1.29 is 55.3 Å². The molecular formula is C42H44F6N4O6S. The number of piperidine rings is 2. The second-order valence-corrected chi connectivity index (χ2v) is 16.4. The van der Waals surface area contributed by atoms with Gasteiger partial charge in [-0.1, -0.05) is 44.5 Å². The zero-order valence-electron chi connectivity index (χ0n) is 32.3. The van der Waals surface area contributed by atoms with Crippen LogP contribution in [0.15, 0.2) is 66.4 Å². The van der Waals surface area contributed by atoms with Crippen LogP contribution in [0.25, 0.3) is 0 Å². The fraction of sp³-hybridized carbons (Fsp3) is 0.500. The molecule has 0 radical (unpaired) electrons. The minimum atomic E-state index is -4.93. The Morgan fingerprint density at radius 3 is 2.31 bits per heavy atom. The van der Waals surface area contributed by atoms with Gasteiger partial charge in [-0.2, -0.15) is 31.6 Å². The highest BCUT2D eigenvalue weighted by atomic mass is 32.1. The summed E-state index contributed by atoms with van der Waals surface area (Å²) in [6.45, 7) is 5.66. The first-order valence-corrected chi connectivity index (χ1v) is 20.3. The predicted molar refractivity (Wildman–Crippen MR) is 203 cm³/mol. The SMILES string of the molecule is C=C(CCC1(C(=O)O)CCC1)Oc1ccccc1C1(C#N)CCN(C(=O)[C@]2(Oc3csc(C(F)(F)F)c3)CCCN(C(=O)c3ncccc3C(F)(F)F)[C@@H]2CCC)CC1. The zero-order valence-corrected chi connectivity index (χ0v) is 33.1. The molecule has 2 aromatic heterocycles. The summed E-state index contributed by atoms with van der Waals surface area (Å²) in [6, 6.07) is 10.6. The third kappa shape index (κ3) is 8.64. The van der Waals surface area contributed by atoms with Gasteiger partial charge >= 0.3 is 18.3 Å². The molecule has 6 rings (SSSR count). The van der Waals surface area contributed by atoms with Crippen LogP contribution in [-0.4, -0.2) is 69.0 Å². The van der Waals surface area contributed by atoms with E-state index in [-0.39, 0.29) is 63.9 Å². The number of allylic oxidation sites excluding steroid dienone is 1. The highest BCUT2D eigenvalue weighted by molar-refractivity contribution is 7.10. The Morgan fingerprint density at radius 1 is 1.00 bits per heavy atom. The van der Waals surface area contributed by atoms with Gasteiger partial charge in [0.25, 0.3) is 11.8 Å². The molecule has 2 atom stereocenters. The van der Waals surface area contributed by atoms with Crippen LogP contribution in [0.2, 0.25) is 0 Å². The number of benzene rings is 1. The van der Waals surface area contributed by atoms with E-state index < -0.39 is 68.7 Å². The van der Waals surface area contributed by atoms with E-state index >= 15 is 4.79 Å². The number of aromatic nitrogens is 1. The summed E-state index contributed by atoms with van der Waals surface area (Å²) in [6.07, 6.45) is -5.39. The number of carboxylic acid groups (broad SMARTS) is 1. The van der Waals surface area contributed by atoms with Crippen molar-refractivity contribution in [2.45, 2.75) is 107 Å². The first-order chi connectivity index (χ1) is 27.9. The van der Waals surface area contributed by atoms with Crippen LogP contribution >= 0.6 is 11.3 Å². The van der Waals surface area contributed by atoms with Crippen molar-refractivity contribution in [2.24, 2.45) is 5.41 Å². The number of hydrogen-bond acceptors (Lipinski definition) is 8. The Morgan fingerprint density at radius 2 is 1.71 bits per heavy atom. The van der Waals surface area contributed by atoms with Gasteiger partial charge in [0.15, 0.2) is 0 Å². The molecule has 2 saturated heterocycles. The van der Waals surface area contributed by atoms with Gasteiger partial charge in [-0.05, 0) is 63.1 Å². The van der Waals surface area contributed by atoms with E-state index in [1.165, 1.54) is 4.90 Å². The number of carbonyl (C=O) groups excluding carboxylic acids is 2. The molecule has 59 heavy (non-hydrogen) atoms. The lowest BCUT2D eigenvalue weighted by Gasteiger charge is -2.51. The highest BCUT2D eigenvalue weighted by Crippen LogP contribution is 2.47. The molecule has 0 bridgehead atoms. The normalized spacial score (nSPS) is 21.5. The topological polar surface area (TPSA) is 133 Å². The molecule has 17 heteroatoms. The molecule has 3 aliphatic rings. The largest absolute Gasteiger partial charge is 0.481 e. The number of aliphatic carboxylic acids is 1. The summed E-state index contributed by atoms with van der Waals surface area (Å²) in [5, 5.41) is 21.6. The third-order valence-electron chi connectivity index (χ3n) is 11.9. The number of pyridine rings is 1. The number of nitriles is 1. The maximum atomic E-state index is 15.1. The minimum absolute atomic E-state index is 0.0173. The van der Waals surface area contributed by atoms with Gasteiger partial charge in [0, 0.05) is 55.7 Å². The number of likely N-dealkylation sites (tertiary alicyclic amines) is 2. The molecule has 1 N–H and O–H groups in total. The summed E-state index contributed by atoms with van der Waals surface area (Å²) in [4.78, 5) is 46.4. The summed E-state index contributed by atoms with van der Waals surface area (Å²) in [5.41, 5.74) is -5.60. The number of rotatable bonds is 13. The van der Waals surface area contributed by atoms with Crippen LogP contribution in [0.1, 0.15) is 104 Å². The Labute approximate surface area is 341 Å². The molecule has 1 aliphatic carbocycles. The number of alkyl halides is 6. The number of amides is 2. The quantitative estimate of drug-likeness (QED) is 0.133. The molecule has 1 saturated carbocycles. The number of nitrogens with zero attached hydrogens (tertiary/aromatic N) is 4. The zero-order chi connectivity index (χ0) is 42.8. The van der Waals surface area contributed by atoms with Crippen LogP contribution in [0.5, 0.6) is 11.5 Å². The highest BCUT2D eigenvalue weighted by Gasteiger charge is 2.57. The lowest BCUT2D eigenvalue weighted by atomic mass is 9.66. The lowest BCUT2D eigenvalue weighted by Crippen LogP contribution is -2.68. The van der Waals surface area contributed by atoms with Gasteiger partial charge < -0.3 is 24.4 Å². The Balaban J connectivity index is 1.30. The van der Waals surface area contributed by atoms with Crippen molar-refractivity contribution in [1.29, 1.82) is 5.26 Å². The average molecular weight is 847 g/mol. The van der Waals surface area contributed by atoms with E-state index in [4.69, 9.17) is 9.47 Å². The van der Waals surface area contributed by atoms with Crippen molar-refractivity contribution in [3.8, 4) is 17.6 Å². The first kappa shape index (κ1) is 43.5. The van der Waals surface area contributed by atoms with E-state index in [0.29, 0.717) is 54.1 Å². The van der Waals surface area contributed by atoms with E-state index in [1.807, 2.05) is 0 Å². The van der Waals surface area contributed by atoms with Crippen LogP contribution in [0.3, 0.4) is 0 Å². The Hall–Kier alpha value is -5.11. The van der Waals surface area contributed by atoms with Crippen molar-refractivity contribution in [1.82, 2.24) is 14.8 Å². The van der Waals surface area contributed by atoms with Gasteiger partial charge in [-0.15, -0.1) is 11.3 Å². The molecule has 0 spiro atoms. The van der Waals surface area contributed by atoms with Crippen molar-refractivity contribution in [3.05, 3.63) is 88.1 Å².